The molecule has 2 aliphatic rings. The molecule has 2 atom stereocenters. The third-order valence-corrected chi connectivity index (χ3v) is 5.33. The van der Waals surface area contributed by atoms with Gasteiger partial charge >= 0.3 is 0 Å². The Morgan fingerprint density at radius 2 is 2.04 bits per heavy atom. The van der Waals surface area contributed by atoms with Crippen LogP contribution in [0.2, 0.25) is 0 Å². The van der Waals surface area contributed by atoms with E-state index in [-0.39, 0.29) is 17.3 Å². The summed E-state index contributed by atoms with van der Waals surface area (Å²) in [5, 5.41) is 0.683. The zero-order valence-electron chi connectivity index (χ0n) is 13.4. The standard InChI is InChI=1S/C19H20FNO2/c1-11-6-7-13-9-21(10-14(13)8-11)19(22)17-12(2)15-4-3-5-16(20)18(15)23-17/h3-6,13-14H,7-10H2,1-2H3/t13-,14+/m1/s1. The van der Waals surface area contributed by atoms with E-state index >= 15 is 0 Å². The van der Waals surface area contributed by atoms with E-state index in [0.29, 0.717) is 17.2 Å². The van der Waals surface area contributed by atoms with Gasteiger partial charge in [0.1, 0.15) is 0 Å². The molecule has 0 unspecified atom stereocenters. The fourth-order valence-corrected chi connectivity index (χ4v) is 4.01. The topological polar surface area (TPSA) is 33.5 Å². The van der Waals surface area contributed by atoms with Gasteiger partial charge in [0.15, 0.2) is 17.2 Å². The summed E-state index contributed by atoms with van der Waals surface area (Å²) in [5.41, 5.74) is 2.33. The molecule has 1 aliphatic carbocycles. The minimum absolute atomic E-state index is 0.106. The molecular formula is C19H20FNO2. The van der Waals surface area contributed by atoms with Crippen LogP contribution >= 0.6 is 0 Å². The lowest BCUT2D eigenvalue weighted by molar-refractivity contribution is 0.0753. The Bertz CT molecular complexity index is 820. The molecule has 2 heterocycles. The molecule has 1 aliphatic heterocycles. The molecule has 1 aromatic carbocycles. The number of carbonyl (C=O) groups excluding carboxylic acids is 1. The first-order chi connectivity index (χ1) is 11.0. The second-order valence-electron chi connectivity index (χ2n) is 6.89. The molecular weight excluding hydrogens is 293 g/mol. The van der Waals surface area contributed by atoms with Gasteiger partial charge in [-0.2, -0.15) is 0 Å². The summed E-state index contributed by atoms with van der Waals surface area (Å²) in [7, 11) is 0. The minimum atomic E-state index is -0.417. The molecule has 0 N–H and O–H groups in total. The largest absolute Gasteiger partial charge is 0.448 e. The highest BCUT2D eigenvalue weighted by atomic mass is 19.1. The molecule has 2 aromatic rings. The summed E-state index contributed by atoms with van der Waals surface area (Å²) in [6.45, 7) is 5.53. The SMILES string of the molecule is CC1=CC[C@@H]2CN(C(=O)c3oc4c(F)cccc4c3C)C[C@@H]2C1. The van der Waals surface area contributed by atoms with Gasteiger partial charge in [-0.15, -0.1) is 0 Å². The van der Waals surface area contributed by atoms with E-state index in [1.165, 1.54) is 11.6 Å². The number of hydrogen-bond donors (Lipinski definition) is 0. The maximum absolute atomic E-state index is 13.9. The van der Waals surface area contributed by atoms with E-state index in [0.717, 1.165) is 31.5 Å². The quantitative estimate of drug-likeness (QED) is 0.735. The molecule has 1 fully saturated rings. The minimum Gasteiger partial charge on any atom is -0.448 e. The molecule has 1 aromatic heterocycles. The predicted molar refractivity (Wildman–Crippen MR) is 86.8 cm³/mol. The zero-order chi connectivity index (χ0) is 16.1. The summed E-state index contributed by atoms with van der Waals surface area (Å²) < 4.78 is 19.5. The van der Waals surface area contributed by atoms with E-state index in [1.54, 1.807) is 12.1 Å². The predicted octanol–water partition coefficient (Wildman–Crippen LogP) is 4.31. The molecule has 120 valence electrons. The molecule has 4 heteroatoms. The summed E-state index contributed by atoms with van der Waals surface area (Å²) in [6, 6.07) is 4.80. The van der Waals surface area contributed by atoms with Crippen LogP contribution in [0.3, 0.4) is 0 Å². The fourth-order valence-electron chi connectivity index (χ4n) is 4.01. The van der Waals surface area contributed by atoms with Crippen LogP contribution in [0.5, 0.6) is 0 Å². The smallest absolute Gasteiger partial charge is 0.289 e. The van der Waals surface area contributed by atoms with Gasteiger partial charge in [0.05, 0.1) is 0 Å². The van der Waals surface area contributed by atoms with Crippen molar-refractivity contribution < 1.29 is 13.6 Å². The van der Waals surface area contributed by atoms with E-state index in [2.05, 4.69) is 13.0 Å². The Balaban J connectivity index is 1.63. The van der Waals surface area contributed by atoms with E-state index in [1.807, 2.05) is 11.8 Å². The van der Waals surface area contributed by atoms with Gasteiger partial charge in [0.2, 0.25) is 0 Å². The van der Waals surface area contributed by atoms with Crippen LogP contribution in [0.25, 0.3) is 11.0 Å². The highest BCUT2D eigenvalue weighted by Gasteiger charge is 2.38. The summed E-state index contributed by atoms with van der Waals surface area (Å²) >= 11 is 0. The highest BCUT2D eigenvalue weighted by Crippen LogP contribution is 2.37. The third kappa shape index (κ3) is 2.28. The number of aryl methyl sites for hydroxylation is 1. The monoisotopic (exact) mass is 313 g/mol. The number of likely N-dealkylation sites (tertiary alicyclic amines) is 1. The van der Waals surface area contributed by atoms with Gasteiger partial charge in [-0.3, -0.25) is 4.79 Å². The van der Waals surface area contributed by atoms with Gasteiger partial charge in [0, 0.05) is 24.0 Å². The number of halogens is 1. The number of fused-ring (bicyclic) bond motifs is 2. The molecule has 0 radical (unpaired) electrons. The van der Waals surface area contributed by atoms with Crippen molar-refractivity contribution in [1.82, 2.24) is 4.90 Å². The van der Waals surface area contributed by atoms with E-state index in [4.69, 9.17) is 4.42 Å². The first kappa shape index (κ1) is 14.5. The van der Waals surface area contributed by atoms with Crippen LogP contribution in [0.1, 0.15) is 35.9 Å². The van der Waals surface area contributed by atoms with Crippen molar-refractivity contribution in [3.8, 4) is 0 Å². The number of hydrogen-bond acceptors (Lipinski definition) is 2. The number of furan rings is 1. The van der Waals surface area contributed by atoms with E-state index in [9.17, 15) is 9.18 Å². The first-order valence-electron chi connectivity index (χ1n) is 8.17. The molecule has 23 heavy (non-hydrogen) atoms. The van der Waals surface area contributed by atoms with Gasteiger partial charge < -0.3 is 9.32 Å². The van der Waals surface area contributed by atoms with Crippen LogP contribution < -0.4 is 0 Å². The molecule has 0 saturated carbocycles. The van der Waals surface area contributed by atoms with Crippen LogP contribution in [0.15, 0.2) is 34.3 Å². The number of nitrogens with zero attached hydrogens (tertiary/aromatic N) is 1. The molecule has 0 spiro atoms. The third-order valence-electron chi connectivity index (χ3n) is 5.33. The van der Waals surface area contributed by atoms with Crippen molar-refractivity contribution in [2.45, 2.75) is 26.7 Å². The number of carbonyl (C=O) groups is 1. The average molecular weight is 313 g/mol. The van der Waals surface area contributed by atoms with Crippen molar-refractivity contribution in [2.75, 3.05) is 13.1 Å². The van der Waals surface area contributed by atoms with Gasteiger partial charge in [-0.1, -0.05) is 23.8 Å². The highest BCUT2D eigenvalue weighted by molar-refractivity contribution is 5.99. The number of para-hydroxylation sites is 1. The van der Waals surface area contributed by atoms with Crippen molar-refractivity contribution in [1.29, 1.82) is 0 Å². The lowest BCUT2D eigenvalue weighted by atomic mass is 9.83. The maximum atomic E-state index is 13.9. The molecule has 0 bridgehead atoms. The Labute approximate surface area is 134 Å². The van der Waals surface area contributed by atoms with Crippen molar-refractivity contribution in [3.05, 3.63) is 47.0 Å². The van der Waals surface area contributed by atoms with Gasteiger partial charge in [-0.25, -0.2) is 4.39 Å². The normalized spacial score (nSPS) is 24.0. The van der Waals surface area contributed by atoms with Crippen LogP contribution in [-0.2, 0) is 0 Å². The Morgan fingerprint density at radius 3 is 2.83 bits per heavy atom. The summed E-state index contributed by atoms with van der Waals surface area (Å²) in [5.74, 6) is 0.854. The molecule has 1 saturated heterocycles. The molecule has 1 amide bonds. The summed E-state index contributed by atoms with van der Waals surface area (Å²) in [4.78, 5) is 14.7. The van der Waals surface area contributed by atoms with Gasteiger partial charge in [0.25, 0.3) is 5.91 Å². The second-order valence-corrected chi connectivity index (χ2v) is 6.89. The van der Waals surface area contributed by atoms with Crippen molar-refractivity contribution in [3.63, 3.8) is 0 Å². The van der Waals surface area contributed by atoms with Crippen molar-refractivity contribution in [2.24, 2.45) is 11.8 Å². The number of amides is 1. The Morgan fingerprint density at radius 1 is 1.26 bits per heavy atom. The number of allylic oxidation sites excluding steroid dienone is 2. The zero-order valence-corrected chi connectivity index (χ0v) is 13.4. The lowest BCUT2D eigenvalue weighted by Gasteiger charge is -2.21. The van der Waals surface area contributed by atoms with Gasteiger partial charge in [-0.05, 0) is 44.6 Å². The number of benzene rings is 1. The maximum Gasteiger partial charge on any atom is 0.289 e. The fraction of sp³-hybridized carbons (Fsp3) is 0.421. The average Bonchev–Trinajstić information content (AvgIpc) is 3.09. The summed E-state index contributed by atoms with van der Waals surface area (Å²) in [6.07, 6.45) is 4.41. The lowest BCUT2D eigenvalue weighted by Crippen LogP contribution is -2.29. The van der Waals surface area contributed by atoms with Crippen LogP contribution in [0, 0.1) is 24.6 Å². The molecule has 3 nitrogen and oxygen atoms in total. The second kappa shape index (κ2) is 5.22. The first-order valence-corrected chi connectivity index (χ1v) is 8.17. The van der Waals surface area contributed by atoms with Crippen LogP contribution in [0.4, 0.5) is 4.39 Å². The molecule has 4 rings (SSSR count). The van der Waals surface area contributed by atoms with E-state index < -0.39 is 5.82 Å². The Kier molecular flexibility index (Phi) is 3.29. The number of rotatable bonds is 1. The van der Waals surface area contributed by atoms with Crippen molar-refractivity contribution >= 4 is 16.9 Å². The van der Waals surface area contributed by atoms with Crippen LogP contribution in [-0.4, -0.2) is 23.9 Å². The Hall–Kier alpha value is -2.10.